The Morgan fingerprint density at radius 2 is 1.61 bits per heavy atom. The Kier molecular flexibility index (Phi) is 8.80. The summed E-state index contributed by atoms with van der Waals surface area (Å²) in [5.41, 5.74) is 2.51. The Bertz CT molecular complexity index is 1370. The lowest BCUT2D eigenvalue weighted by Crippen LogP contribution is -2.48. The van der Waals surface area contributed by atoms with Gasteiger partial charge in [0.25, 0.3) is 5.91 Å². The number of ether oxygens (including phenoxy) is 1. The monoisotopic (exact) mass is 576 g/mol. The number of carbonyl (C=O) groups is 2. The smallest absolute Gasteiger partial charge is 0.292 e. The van der Waals surface area contributed by atoms with Gasteiger partial charge >= 0.3 is 0 Å². The molecule has 1 saturated carbocycles. The van der Waals surface area contributed by atoms with E-state index in [-0.39, 0.29) is 11.7 Å². The van der Waals surface area contributed by atoms with E-state index in [0.717, 1.165) is 55.5 Å². The second kappa shape index (κ2) is 12.3. The van der Waals surface area contributed by atoms with E-state index in [1.165, 1.54) is 0 Å². The van der Waals surface area contributed by atoms with Crippen molar-refractivity contribution in [2.45, 2.75) is 63.4 Å². The second-order valence-corrected chi connectivity index (χ2v) is 12.0. The molecular weight excluding hydrogens is 540 g/mol. The van der Waals surface area contributed by atoms with Gasteiger partial charge in [0.1, 0.15) is 11.9 Å². The van der Waals surface area contributed by atoms with Crippen molar-refractivity contribution in [2.75, 3.05) is 19.6 Å². The molecule has 41 heavy (non-hydrogen) atoms. The molecule has 3 aromatic rings. The van der Waals surface area contributed by atoms with E-state index in [9.17, 15) is 19.8 Å². The minimum Gasteiger partial charge on any atom is -0.489 e. The van der Waals surface area contributed by atoms with Crippen LogP contribution in [0.5, 0.6) is 5.75 Å². The van der Waals surface area contributed by atoms with Gasteiger partial charge in [0.05, 0.1) is 22.8 Å². The summed E-state index contributed by atoms with van der Waals surface area (Å²) >= 11 is 6.44. The molecule has 0 aromatic heterocycles. The molecule has 7 nitrogen and oxygen atoms in total. The molecule has 8 heteroatoms. The van der Waals surface area contributed by atoms with Crippen molar-refractivity contribution in [2.24, 2.45) is 0 Å². The van der Waals surface area contributed by atoms with Crippen LogP contribution in [0.4, 0.5) is 0 Å². The van der Waals surface area contributed by atoms with E-state index in [1.807, 2.05) is 24.3 Å². The molecule has 5 rings (SSSR count). The molecule has 3 aromatic carbocycles. The minimum absolute atomic E-state index is 0.199. The number of nitrogens with one attached hydrogen (secondary N) is 1. The Labute approximate surface area is 246 Å². The zero-order valence-corrected chi connectivity index (χ0v) is 24.2. The molecule has 3 N–H and O–H groups in total. The van der Waals surface area contributed by atoms with Crippen LogP contribution in [-0.4, -0.2) is 58.6 Å². The van der Waals surface area contributed by atoms with Crippen LogP contribution in [0.15, 0.2) is 66.7 Å². The maximum atomic E-state index is 13.1. The normalized spacial score (nSPS) is 17.2. The van der Waals surface area contributed by atoms with E-state index in [0.29, 0.717) is 22.9 Å². The lowest BCUT2D eigenvalue weighted by molar-refractivity contribution is -0.118. The molecule has 216 valence electrons. The molecule has 0 radical (unpaired) electrons. The fourth-order valence-corrected chi connectivity index (χ4v) is 5.35. The first-order valence-electron chi connectivity index (χ1n) is 14.2. The first kappa shape index (κ1) is 29.3. The van der Waals surface area contributed by atoms with Crippen molar-refractivity contribution in [3.05, 3.63) is 88.4 Å². The molecule has 2 aliphatic rings. The van der Waals surface area contributed by atoms with Crippen molar-refractivity contribution in [1.82, 2.24) is 10.2 Å². The van der Waals surface area contributed by atoms with E-state index in [2.05, 4.69) is 10.2 Å². The van der Waals surface area contributed by atoms with E-state index >= 15 is 0 Å². The predicted octanol–water partition coefficient (Wildman–Crippen LogP) is 5.27. The van der Waals surface area contributed by atoms with Gasteiger partial charge in [-0.25, -0.2) is 0 Å². The molecule has 1 saturated heterocycles. The summed E-state index contributed by atoms with van der Waals surface area (Å²) in [6.07, 6.45) is 3.28. The highest BCUT2D eigenvalue weighted by molar-refractivity contribution is 6.42. The van der Waals surface area contributed by atoms with Gasteiger partial charge < -0.3 is 25.2 Å². The number of hydrogen-bond acceptors (Lipinski definition) is 6. The summed E-state index contributed by atoms with van der Waals surface area (Å²) in [6.45, 7) is 5.63. The van der Waals surface area contributed by atoms with E-state index in [1.54, 1.807) is 56.3 Å². The van der Waals surface area contributed by atoms with Crippen LogP contribution >= 0.6 is 11.6 Å². The Morgan fingerprint density at radius 1 is 1.00 bits per heavy atom. The zero-order valence-electron chi connectivity index (χ0n) is 23.5. The first-order valence-corrected chi connectivity index (χ1v) is 14.6. The predicted molar refractivity (Wildman–Crippen MR) is 159 cm³/mol. The highest BCUT2D eigenvalue weighted by atomic mass is 35.5. The molecule has 1 amide bonds. The molecule has 1 aliphatic heterocycles. The zero-order chi connectivity index (χ0) is 29.1. The minimum atomic E-state index is -1.06. The van der Waals surface area contributed by atoms with Gasteiger partial charge in [-0.3, -0.25) is 9.59 Å². The number of ketones is 1. The Hall–Kier alpha value is -3.23. The number of rotatable bonds is 11. The van der Waals surface area contributed by atoms with Gasteiger partial charge in [-0.05, 0) is 87.0 Å². The van der Waals surface area contributed by atoms with Crippen molar-refractivity contribution < 1.29 is 24.5 Å². The molecule has 1 aliphatic carbocycles. The molecule has 2 atom stereocenters. The standard InChI is InChI=1S/C33H37ClN2O5/c1-33(2,40)25-12-9-22(10-13-25)21-5-7-23(8-6-21)31(38)32(39)35-28(20-36-17-3-4-18-36)30(37)24-11-16-29(27(34)19-24)41-26-14-15-26/h5-13,16,19,26,28,30,37,40H,3-4,14-15,17-18,20H2,1-2H3,(H,35,39)/t28-,30-/m1/s1. The third-order valence-corrected chi connectivity index (χ3v) is 8.04. The SMILES string of the molecule is CC(C)(O)c1ccc(-c2ccc(C(=O)C(=O)N[C@H](CN3CCCC3)[C@H](O)c3ccc(OC4CC4)c(Cl)c3)cc2)cc1. The fraction of sp³-hybridized carbons (Fsp3) is 0.394. The number of aliphatic hydroxyl groups excluding tert-OH is 1. The average Bonchev–Trinajstić information content (AvgIpc) is 3.64. The number of halogens is 1. The number of Topliss-reactive ketones (excluding diaryl/α,β-unsaturated/α-hetero) is 1. The number of benzene rings is 3. The molecule has 0 spiro atoms. The number of nitrogens with zero attached hydrogens (tertiary/aromatic N) is 1. The van der Waals surface area contributed by atoms with Crippen molar-refractivity contribution in [3.8, 4) is 16.9 Å². The second-order valence-electron chi connectivity index (χ2n) is 11.6. The third-order valence-electron chi connectivity index (χ3n) is 7.74. The third kappa shape index (κ3) is 7.35. The number of aliphatic hydroxyl groups is 2. The summed E-state index contributed by atoms with van der Waals surface area (Å²) in [7, 11) is 0. The maximum Gasteiger partial charge on any atom is 0.292 e. The topological polar surface area (TPSA) is 99.1 Å². The highest BCUT2D eigenvalue weighted by Gasteiger charge is 2.30. The lowest BCUT2D eigenvalue weighted by atomic mass is 9.95. The van der Waals surface area contributed by atoms with Crippen LogP contribution in [0.3, 0.4) is 0 Å². The first-order chi connectivity index (χ1) is 19.6. The van der Waals surface area contributed by atoms with Gasteiger partial charge in [0.15, 0.2) is 0 Å². The lowest BCUT2D eigenvalue weighted by Gasteiger charge is -2.28. The van der Waals surface area contributed by atoms with Gasteiger partial charge in [0, 0.05) is 12.1 Å². The van der Waals surface area contributed by atoms with Crippen molar-refractivity contribution in [1.29, 1.82) is 0 Å². The highest BCUT2D eigenvalue weighted by Crippen LogP contribution is 2.34. The van der Waals surface area contributed by atoms with Crippen LogP contribution < -0.4 is 10.1 Å². The van der Waals surface area contributed by atoms with Crippen LogP contribution in [-0.2, 0) is 10.4 Å². The molecular formula is C33H37ClN2O5. The average molecular weight is 577 g/mol. The van der Waals surface area contributed by atoms with Crippen LogP contribution in [0.25, 0.3) is 11.1 Å². The Morgan fingerprint density at radius 3 is 2.17 bits per heavy atom. The summed E-state index contributed by atoms with van der Waals surface area (Å²) in [4.78, 5) is 28.4. The van der Waals surface area contributed by atoms with Gasteiger partial charge in [-0.2, -0.15) is 0 Å². The molecule has 1 heterocycles. The van der Waals surface area contributed by atoms with E-state index in [4.69, 9.17) is 16.3 Å². The van der Waals surface area contributed by atoms with Crippen molar-refractivity contribution >= 4 is 23.3 Å². The Balaban J connectivity index is 1.28. The van der Waals surface area contributed by atoms with Gasteiger partial charge in [-0.15, -0.1) is 0 Å². The van der Waals surface area contributed by atoms with Crippen molar-refractivity contribution in [3.63, 3.8) is 0 Å². The summed E-state index contributed by atoms with van der Waals surface area (Å²) < 4.78 is 5.81. The number of amides is 1. The quantitative estimate of drug-likeness (QED) is 0.212. The summed E-state index contributed by atoms with van der Waals surface area (Å²) in [6, 6.07) is 18.9. The number of hydrogen-bond donors (Lipinski definition) is 3. The summed E-state index contributed by atoms with van der Waals surface area (Å²) in [5, 5.41) is 24.7. The number of carbonyl (C=O) groups excluding carboxylic acids is 2. The summed E-state index contributed by atoms with van der Waals surface area (Å²) in [5.74, 6) is -0.855. The van der Waals surface area contributed by atoms with Gasteiger partial charge in [0.2, 0.25) is 5.78 Å². The van der Waals surface area contributed by atoms with Crippen LogP contribution in [0, 0.1) is 0 Å². The van der Waals surface area contributed by atoms with Crippen LogP contribution in [0.1, 0.15) is 67.1 Å². The molecule has 0 unspecified atom stereocenters. The molecule has 0 bridgehead atoms. The van der Waals surface area contributed by atoms with Crippen LogP contribution in [0.2, 0.25) is 5.02 Å². The van der Waals surface area contributed by atoms with E-state index < -0.39 is 29.4 Å². The maximum absolute atomic E-state index is 13.1. The molecule has 2 fully saturated rings. The fourth-order valence-electron chi connectivity index (χ4n) is 5.11. The number of likely N-dealkylation sites (tertiary alicyclic amines) is 1. The largest absolute Gasteiger partial charge is 0.489 e. The van der Waals surface area contributed by atoms with Gasteiger partial charge in [-0.1, -0.05) is 66.2 Å².